The van der Waals surface area contributed by atoms with Crippen LogP contribution in [0.3, 0.4) is 0 Å². The van der Waals surface area contributed by atoms with Crippen molar-refractivity contribution in [2.75, 3.05) is 19.5 Å². The monoisotopic (exact) mass is 408 g/mol. The number of carbonyl (C=O) groups is 1. The van der Waals surface area contributed by atoms with Crippen LogP contribution >= 0.6 is 0 Å². The van der Waals surface area contributed by atoms with Gasteiger partial charge in [-0.15, -0.1) is 0 Å². The van der Waals surface area contributed by atoms with Crippen LogP contribution in [0.4, 0.5) is 5.69 Å². The Balaban J connectivity index is 1.61. The van der Waals surface area contributed by atoms with Crippen molar-refractivity contribution < 1.29 is 23.7 Å². The van der Waals surface area contributed by atoms with E-state index in [-0.39, 0.29) is 18.4 Å². The summed E-state index contributed by atoms with van der Waals surface area (Å²) in [6.45, 7) is 1.98. The highest BCUT2D eigenvalue weighted by atomic mass is 16.5. The summed E-state index contributed by atoms with van der Waals surface area (Å²) in [5.41, 5.74) is 1.37. The summed E-state index contributed by atoms with van der Waals surface area (Å²) >= 11 is 0. The predicted molar refractivity (Wildman–Crippen MR) is 113 cm³/mol. The summed E-state index contributed by atoms with van der Waals surface area (Å²) in [5.74, 6) is 2.02. The Morgan fingerprint density at radius 2 is 1.70 bits per heavy atom. The minimum Gasteiger partial charge on any atom is -0.497 e. The molecule has 0 aliphatic carbocycles. The predicted octanol–water partition coefficient (Wildman–Crippen LogP) is 4.43. The first-order chi connectivity index (χ1) is 14.6. The lowest BCUT2D eigenvalue weighted by Gasteiger charge is -2.15. The number of anilines is 1. The Bertz CT molecular complexity index is 975. The molecule has 0 bridgehead atoms. The normalized spacial score (nSPS) is 11.4. The van der Waals surface area contributed by atoms with Crippen molar-refractivity contribution in [2.45, 2.75) is 19.6 Å². The van der Waals surface area contributed by atoms with Crippen molar-refractivity contribution in [2.24, 2.45) is 0 Å². The SMILES string of the molecule is COc1ccc(Oc2ncccc2NC(=O)C(C)OCc2cccc(OC)c2)cc1. The van der Waals surface area contributed by atoms with Gasteiger partial charge in [0.1, 0.15) is 29.0 Å². The molecule has 1 atom stereocenters. The Kier molecular flexibility index (Phi) is 7.24. The molecule has 0 saturated carbocycles. The molecule has 1 unspecified atom stereocenters. The summed E-state index contributed by atoms with van der Waals surface area (Å²) in [7, 11) is 3.20. The maximum Gasteiger partial charge on any atom is 0.253 e. The van der Waals surface area contributed by atoms with Gasteiger partial charge in [-0.2, -0.15) is 0 Å². The molecule has 1 aromatic heterocycles. The van der Waals surface area contributed by atoms with E-state index in [0.29, 0.717) is 11.4 Å². The number of methoxy groups -OCH3 is 2. The highest BCUT2D eigenvalue weighted by molar-refractivity contribution is 5.94. The van der Waals surface area contributed by atoms with Gasteiger partial charge in [-0.05, 0) is 61.0 Å². The van der Waals surface area contributed by atoms with Gasteiger partial charge in [-0.3, -0.25) is 4.79 Å². The lowest BCUT2D eigenvalue weighted by Crippen LogP contribution is -2.27. The first-order valence-electron chi connectivity index (χ1n) is 9.41. The van der Waals surface area contributed by atoms with E-state index in [9.17, 15) is 4.79 Å². The largest absolute Gasteiger partial charge is 0.497 e. The van der Waals surface area contributed by atoms with E-state index >= 15 is 0 Å². The van der Waals surface area contributed by atoms with Crippen LogP contribution in [0, 0.1) is 0 Å². The number of carbonyl (C=O) groups excluding carboxylic acids is 1. The first kappa shape index (κ1) is 21.1. The summed E-state index contributed by atoms with van der Waals surface area (Å²) in [5, 5.41) is 2.81. The lowest BCUT2D eigenvalue weighted by molar-refractivity contribution is -0.127. The van der Waals surface area contributed by atoms with Crippen LogP contribution in [-0.4, -0.2) is 31.2 Å². The summed E-state index contributed by atoms with van der Waals surface area (Å²) in [4.78, 5) is 16.8. The van der Waals surface area contributed by atoms with Gasteiger partial charge in [0, 0.05) is 6.20 Å². The van der Waals surface area contributed by atoms with Crippen molar-refractivity contribution in [3.63, 3.8) is 0 Å². The summed E-state index contributed by atoms with van der Waals surface area (Å²) < 4.78 is 21.9. The fraction of sp³-hybridized carbons (Fsp3) is 0.217. The molecule has 0 saturated heterocycles. The average Bonchev–Trinajstić information content (AvgIpc) is 2.79. The molecule has 1 amide bonds. The minimum absolute atomic E-state index is 0.286. The van der Waals surface area contributed by atoms with E-state index in [1.165, 1.54) is 0 Å². The number of rotatable bonds is 9. The fourth-order valence-electron chi connectivity index (χ4n) is 2.62. The average molecular weight is 408 g/mol. The zero-order chi connectivity index (χ0) is 21.3. The number of ether oxygens (including phenoxy) is 4. The van der Waals surface area contributed by atoms with Crippen LogP contribution in [0.5, 0.6) is 23.1 Å². The van der Waals surface area contributed by atoms with E-state index < -0.39 is 6.10 Å². The van der Waals surface area contributed by atoms with Gasteiger partial charge in [0.25, 0.3) is 5.91 Å². The number of hydrogen-bond donors (Lipinski definition) is 1. The van der Waals surface area contributed by atoms with Crippen molar-refractivity contribution >= 4 is 11.6 Å². The zero-order valence-corrected chi connectivity index (χ0v) is 17.1. The molecule has 30 heavy (non-hydrogen) atoms. The molecule has 3 aromatic rings. The maximum absolute atomic E-state index is 12.6. The standard InChI is InChI=1S/C23H24N2O5/c1-16(29-15-17-6-4-7-20(14-17)28-3)22(26)25-21-8-5-13-24-23(21)30-19-11-9-18(27-2)10-12-19/h4-14,16H,15H2,1-3H3,(H,25,26). The van der Waals surface area contributed by atoms with E-state index in [0.717, 1.165) is 17.1 Å². The molecule has 0 aliphatic rings. The quantitative estimate of drug-likeness (QED) is 0.564. The molecule has 1 heterocycles. The third-order valence-corrected chi connectivity index (χ3v) is 4.31. The van der Waals surface area contributed by atoms with Crippen LogP contribution in [0.2, 0.25) is 0 Å². The second-order valence-electron chi connectivity index (χ2n) is 6.43. The summed E-state index contributed by atoms with van der Waals surface area (Å²) in [6.07, 6.45) is 0.919. The Labute approximate surface area is 175 Å². The molecule has 1 N–H and O–H groups in total. The highest BCUT2D eigenvalue weighted by Gasteiger charge is 2.17. The van der Waals surface area contributed by atoms with Crippen molar-refractivity contribution in [3.05, 3.63) is 72.4 Å². The molecule has 7 heteroatoms. The van der Waals surface area contributed by atoms with Crippen LogP contribution < -0.4 is 19.5 Å². The van der Waals surface area contributed by atoms with Gasteiger partial charge >= 0.3 is 0 Å². The Morgan fingerprint density at radius 1 is 0.967 bits per heavy atom. The van der Waals surface area contributed by atoms with Crippen LogP contribution in [0.15, 0.2) is 66.9 Å². The van der Waals surface area contributed by atoms with E-state index in [2.05, 4.69) is 10.3 Å². The fourth-order valence-corrected chi connectivity index (χ4v) is 2.62. The molecular weight excluding hydrogens is 384 g/mol. The molecule has 3 rings (SSSR count). The van der Waals surface area contributed by atoms with Gasteiger partial charge in [0.15, 0.2) is 0 Å². The molecule has 0 aliphatic heterocycles. The Hall–Kier alpha value is -3.58. The number of nitrogens with zero attached hydrogens (tertiary/aromatic N) is 1. The second kappa shape index (κ2) is 10.3. The van der Waals surface area contributed by atoms with E-state index in [4.69, 9.17) is 18.9 Å². The number of amides is 1. The van der Waals surface area contributed by atoms with Gasteiger partial charge in [0.05, 0.1) is 20.8 Å². The van der Waals surface area contributed by atoms with Gasteiger partial charge in [0.2, 0.25) is 5.88 Å². The second-order valence-corrected chi connectivity index (χ2v) is 6.43. The van der Waals surface area contributed by atoms with Gasteiger partial charge < -0.3 is 24.3 Å². The minimum atomic E-state index is -0.676. The number of benzene rings is 2. The smallest absolute Gasteiger partial charge is 0.253 e. The number of aromatic nitrogens is 1. The molecular formula is C23H24N2O5. The molecule has 7 nitrogen and oxygen atoms in total. The highest BCUT2D eigenvalue weighted by Crippen LogP contribution is 2.28. The van der Waals surface area contributed by atoms with Crippen molar-refractivity contribution in [3.8, 4) is 23.1 Å². The lowest BCUT2D eigenvalue weighted by atomic mass is 10.2. The zero-order valence-electron chi connectivity index (χ0n) is 17.1. The van der Waals surface area contributed by atoms with Crippen molar-refractivity contribution in [1.82, 2.24) is 4.98 Å². The van der Waals surface area contributed by atoms with Crippen LogP contribution in [-0.2, 0) is 16.1 Å². The number of pyridine rings is 1. The molecule has 2 aromatic carbocycles. The van der Waals surface area contributed by atoms with Crippen LogP contribution in [0.1, 0.15) is 12.5 Å². The third kappa shape index (κ3) is 5.71. The third-order valence-electron chi connectivity index (χ3n) is 4.31. The van der Waals surface area contributed by atoms with Gasteiger partial charge in [-0.1, -0.05) is 12.1 Å². The Morgan fingerprint density at radius 3 is 2.43 bits per heavy atom. The molecule has 156 valence electrons. The first-order valence-corrected chi connectivity index (χ1v) is 9.41. The number of hydrogen-bond acceptors (Lipinski definition) is 6. The van der Waals surface area contributed by atoms with Crippen molar-refractivity contribution in [1.29, 1.82) is 0 Å². The van der Waals surface area contributed by atoms with E-state index in [1.807, 2.05) is 24.3 Å². The topological polar surface area (TPSA) is 78.9 Å². The van der Waals surface area contributed by atoms with E-state index in [1.54, 1.807) is 63.7 Å². The molecule has 0 fully saturated rings. The molecule has 0 radical (unpaired) electrons. The maximum atomic E-state index is 12.6. The van der Waals surface area contributed by atoms with Gasteiger partial charge in [-0.25, -0.2) is 4.98 Å². The van der Waals surface area contributed by atoms with Crippen LogP contribution in [0.25, 0.3) is 0 Å². The summed E-state index contributed by atoms with van der Waals surface area (Å²) in [6, 6.07) is 18.0. The molecule has 0 spiro atoms. The number of nitrogens with one attached hydrogen (secondary N) is 1.